The predicted molar refractivity (Wildman–Crippen MR) is 55.8 cm³/mol. The zero-order valence-electron chi connectivity index (χ0n) is 7.40. The van der Waals surface area contributed by atoms with Gasteiger partial charge in [0, 0.05) is 0 Å². The van der Waals surface area contributed by atoms with Crippen molar-refractivity contribution in [2.45, 2.75) is 24.5 Å². The molecule has 0 aliphatic carbocycles. The molecule has 0 spiro atoms. The lowest BCUT2D eigenvalue weighted by Crippen LogP contribution is -2.19. The Kier molecular flexibility index (Phi) is 2.66. The second kappa shape index (κ2) is 3.38. The van der Waals surface area contributed by atoms with Crippen molar-refractivity contribution < 1.29 is 5.11 Å². The van der Waals surface area contributed by atoms with Gasteiger partial charge in [-0.15, -0.1) is 6.42 Å². The molecular weight excluding hydrogens is 168 g/mol. The highest BCUT2D eigenvalue weighted by Crippen LogP contribution is 2.60. The van der Waals surface area contributed by atoms with Gasteiger partial charge in [-0.25, -0.2) is 0 Å². The van der Waals surface area contributed by atoms with Gasteiger partial charge in [-0.3, -0.25) is 0 Å². The van der Waals surface area contributed by atoms with Crippen LogP contribution in [0.5, 0.6) is 0 Å². The fraction of sp³-hybridized carbons (Fsp3) is 0.400. The van der Waals surface area contributed by atoms with Gasteiger partial charge in [-0.2, -0.15) is 10.0 Å². The van der Waals surface area contributed by atoms with E-state index in [1.165, 1.54) is 0 Å². The zero-order valence-corrected chi connectivity index (χ0v) is 8.21. The van der Waals surface area contributed by atoms with Gasteiger partial charge in [0.15, 0.2) is 5.44 Å². The summed E-state index contributed by atoms with van der Waals surface area (Å²) in [7, 11) is -1.25. The van der Waals surface area contributed by atoms with Crippen LogP contribution in [-0.2, 0) is 0 Å². The summed E-state index contributed by atoms with van der Waals surface area (Å²) in [5.41, 5.74) is -0.632. The second-order valence-corrected chi connectivity index (χ2v) is 6.61. The van der Waals surface area contributed by atoms with Crippen molar-refractivity contribution in [3.05, 3.63) is 23.0 Å². The first-order valence-electron chi connectivity index (χ1n) is 3.93. The Balaban J connectivity index is 2.98. The Hall–Kier alpha value is -0.650. The summed E-state index contributed by atoms with van der Waals surface area (Å²) in [6.45, 7) is 4.19. The third kappa shape index (κ3) is 1.31. The third-order valence-corrected chi connectivity index (χ3v) is 5.88. The second-order valence-electron chi connectivity index (χ2n) is 3.04. The van der Waals surface area contributed by atoms with E-state index in [-0.39, 0.29) is 0 Å². The third-order valence-electron chi connectivity index (χ3n) is 2.09. The molecule has 1 atom stereocenters. The quantitative estimate of drug-likeness (QED) is 0.649. The molecule has 0 radical (unpaired) electrons. The Morgan fingerprint density at radius 3 is 2.17 bits per heavy atom. The monoisotopic (exact) mass is 182 g/mol. The summed E-state index contributed by atoms with van der Waals surface area (Å²) in [5, 5.41) is 14.2. The molecule has 1 nitrogen and oxygen atoms in total. The van der Waals surface area contributed by atoms with Gasteiger partial charge in [0.05, 0.1) is 0 Å². The van der Waals surface area contributed by atoms with Gasteiger partial charge in [0.2, 0.25) is 0 Å². The van der Waals surface area contributed by atoms with E-state index in [0.717, 1.165) is 0 Å². The zero-order chi connectivity index (χ0) is 9.19. The summed E-state index contributed by atoms with van der Waals surface area (Å²) in [5.74, 6) is 2.42. The molecule has 1 aliphatic rings. The van der Waals surface area contributed by atoms with Gasteiger partial charge in [-0.05, 0) is 16.1 Å². The van der Waals surface area contributed by atoms with Gasteiger partial charge >= 0.3 is 0 Å². The highest BCUT2D eigenvalue weighted by Gasteiger charge is 2.30. The topological polar surface area (TPSA) is 20.2 Å². The van der Waals surface area contributed by atoms with Crippen LogP contribution in [-0.4, -0.2) is 15.8 Å². The van der Waals surface area contributed by atoms with E-state index < -0.39 is 15.5 Å². The summed E-state index contributed by atoms with van der Waals surface area (Å²) in [4.78, 5) is 0. The average Bonchev–Trinajstić information content (AvgIpc) is 2.52. The molecule has 0 amide bonds. The molecule has 0 aromatic heterocycles. The fourth-order valence-electron chi connectivity index (χ4n) is 1.25. The van der Waals surface area contributed by atoms with Crippen molar-refractivity contribution in [1.29, 1.82) is 0 Å². The number of aliphatic hydroxyl groups excluding tert-OH is 1. The van der Waals surface area contributed by atoms with Crippen LogP contribution in [0.15, 0.2) is 23.0 Å². The van der Waals surface area contributed by atoms with Crippen LogP contribution in [0, 0.1) is 12.3 Å². The maximum Gasteiger partial charge on any atom is 0.152 e. The first kappa shape index (κ1) is 9.44. The molecule has 0 bridgehead atoms. The number of hydrogen-bond acceptors (Lipinski definition) is 1. The number of aliphatic hydroxyl groups is 1. The standard InChI is InChI=1S/C10H14OS/c1-4-10(11)12(9(2)3)7-5-6-8-12/h1,5-11H,2-3H3. The lowest BCUT2D eigenvalue weighted by Gasteiger charge is -2.38. The van der Waals surface area contributed by atoms with E-state index in [1.54, 1.807) is 0 Å². The maximum atomic E-state index is 9.68. The SMILES string of the molecule is C#CC(O)S1(C(C)C)C=CC=C1. The first-order chi connectivity index (χ1) is 5.63. The van der Waals surface area contributed by atoms with Crippen LogP contribution in [0.4, 0.5) is 0 Å². The number of hydrogen-bond donors (Lipinski definition) is 1. The normalized spacial score (nSPS) is 23.9. The Labute approximate surface area is 75.5 Å². The van der Waals surface area contributed by atoms with Crippen LogP contribution in [0.2, 0.25) is 0 Å². The minimum Gasteiger partial charge on any atom is -0.372 e. The molecule has 0 fully saturated rings. The summed E-state index contributed by atoms with van der Waals surface area (Å²) >= 11 is 0. The Morgan fingerprint density at radius 2 is 1.83 bits per heavy atom. The van der Waals surface area contributed by atoms with Crippen LogP contribution >= 0.6 is 10.0 Å². The predicted octanol–water partition coefficient (Wildman–Crippen LogP) is 2.19. The summed E-state index contributed by atoms with van der Waals surface area (Å²) < 4.78 is 0. The van der Waals surface area contributed by atoms with Crippen LogP contribution in [0.1, 0.15) is 13.8 Å². The van der Waals surface area contributed by atoms with Crippen molar-refractivity contribution in [3.63, 3.8) is 0 Å². The molecule has 66 valence electrons. The summed E-state index contributed by atoms with van der Waals surface area (Å²) in [6.07, 6.45) is 9.16. The van der Waals surface area contributed by atoms with Gasteiger partial charge < -0.3 is 5.11 Å². The average molecular weight is 182 g/mol. The number of rotatable bonds is 2. The molecule has 0 saturated carbocycles. The van der Waals surface area contributed by atoms with E-state index in [1.807, 2.05) is 12.2 Å². The van der Waals surface area contributed by atoms with E-state index in [9.17, 15) is 5.11 Å². The molecule has 2 heteroatoms. The molecule has 0 saturated heterocycles. The largest absolute Gasteiger partial charge is 0.372 e. The minimum atomic E-state index is -1.25. The highest BCUT2D eigenvalue weighted by molar-refractivity contribution is 8.39. The lowest BCUT2D eigenvalue weighted by atomic mass is 10.6. The van der Waals surface area contributed by atoms with Gasteiger partial charge in [-0.1, -0.05) is 31.9 Å². The van der Waals surface area contributed by atoms with E-state index in [4.69, 9.17) is 6.42 Å². The molecule has 0 aromatic carbocycles. The Morgan fingerprint density at radius 1 is 1.33 bits per heavy atom. The van der Waals surface area contributed by atoms with Crippen molar-refractivity contribution in [2.24, 2.45) is 0 Å². The van der Waals surface area contributed by atoms with E-state index >= 15 is 0 Å². The molecule has 1 N–H and O–H groups in total. The van der Waals surface area contributed by atoms with E-state index in [0.29, 0.717) is 5.25 Å². The van der Waals surface area contributed by atoms with Crippen LogP contribution in [0.3, 0.4) is 0 Å². The van der Waals surface area contributed by atoms with Gasteiger partial charge in [0.25, 0.3) is 0 Å². The maximum absolute atomic E-state index is 9.68. The van der Waals surface area contributed by atoms with Crippen molar-refractivity contribution >= 4 is 10.0 Å². The molecular formula is C10H14OS. The fourth-order valence-corrected chi connectivity index (χ4v) is 3.74. The summed E-state index contributed by atoms with van der Waals surface area (Å²) in [6, 6.07) is 0. The lowest BCUT2D eigenvalue weighted by molar-refractivity contribution is 0.314. The van der Waals surface area contributed by atoms with Crippen molar-refractivity contribution in [2.75, 3.05) is 0 Å². The van der Waals surface area contributed by atoms with Crippen LogP contribution in [0.25, 0.3) is 0 Å². The number of terminal acetylenes is 1. The van der Waals surface area contributed by atoms with Crippen molar-refractivity contribution in [3.8, 4) is 12.3 Å². The molecule has 1 unspecified atom stereocenters. The molecule has 1 heterocycles. The van der Waals surface area contributed by atoms with Crippen molar-refractivity contribution in [1.82, 2.24) is 0 Å². The molecule has 1 rings (SSSR count). The van der Waals surface area contributed by atoms with Gasteiger partial charge in [0.1, 0.15) is 0 Å². The van der Waals surface area contributed by atoms with Crippen LogP contribution < -0.4 is 0 Å². The molecule has 0 aromatic rings. The van der Waals surface area contributed by atoms with E-state index in [2.05, 4.69) is 30.6 Å². The number of allylic oxidation sites excluding steroid dienone is 2. The minimum absolute atomic E-state index is 0.401. The first-order valence-corrected chi connectivity index (χ1v) is 5.82. The molecule has 1 aliphatic heterocycles. The smallest absolute Gasteiger partial charge is 0.152 e. The highest BCUT2D eigenvalue weighted by atomic mass is 32.3. The Bertz CT molecular complexity index is 246. The molecule has 12 heavy (non-hydrogen) atoms.